The lowest BCUT2D eigenvalue weighted by atomic mass is 10.0. The lowest BCUT2D eigenvalue weighted by Gasteiger charge is -2.33. The van der Waals surface area contributed by atoms with Crippen LogP contribution in [0, 0.1) is 0 Å². The Morgan fingerprint density at radius 1 is 1.20 bits per heavy atom. The smallest absolute Gasteiger partial charge is 0.248 e. The third-order valence-electron chi connectivity index (χ3n) is 3.92. The van der Waals surface area contributed by atoms with E-state index in [1.54, 1.807) is 29.2 Å². The minimum Gasteiger partial charge on any atom is -0.366 e. The van der Waals surface area contributed by atoms with Crippen molar-refractivity contribution in [3.63, 3.8) is 0 Å². The van der Waals surface area contributed by atoms with E-state index >= 15 is 0 Å². The number of piperidine rings is 1. The molecular weight excluding hydrogens is 254 g/mol. The Balaban J connectivity index is 1.74. The zero-order valence-corrected chi connectivity index (χ0v) is 11.3. The van der Waals surface area contributed by atoms with Gasteiger partial charge in [-0.3, -0.25) is 9.59 Å². The minimum atomic E-state index is -0.449. The zero-order valence-electron chi connectivity index (χ0n) is 11.3. The fourth-order valence-corrected chi connectivity index (χ4v) is 2.63. The quantitative estimate of drug-likeness (QED) is 0.860. The minimum absolute atomic E-state index is 0.0629. The van der Waals surface area contributed by atoms with E-state index in [0.717, 1.165) is 25.1 Å². The molecule has 1 unspecified atom stereocenters. The number of hydrogen-bond acceptors (Lipinski definition) is 3. The summed E-state index contributed by atoms with van der Waals surface area (Å²) in [6.45, 7) is 0.734. The van der Waals surface area contributed by atoms with Crippen molar-refractivity contribution in [3.05, 3.63) is 29.8 Å². The maximum Gasteiger partial charge on any atom is 0.248 e. The van der Waals surface area contributed by atoms with Crippen LogP contribution in [0.3, 0.4) is 0 Å². The molecule has 0 bridgehead atoms. The summed E-state index contributed by atoms with van der Waals surface area (Å²) in [5, 5.41) is 3.41. The van der Waals surface area contributed by atoms with Crippen molar-refractivity contribution in [1.82, 2.24) is 5.32 Å². The highest BCUT2D eigenvalue weighted by Crippen LogP contribution is 2.25. The molecule has 1 heterocycles. The summed E-state index contributed by atoms with van der Waals surface area (Å²) in [5.74, 6) is -0.315. The molecule has 1 aliphatic carbocycles. The highest BCUT2D eigenvalue weighted by Gasteiger charge is 2.33. The van der Waals surface area contributed by atoms with Gasteiger partial charge in [-0.1, -0.05) is 0 Å². The van der Waals surface area contributed by atoms with Gasteiger partial charge >= 0.3 is 0 Å². The molecule has 5 heteroatoms. The summed E-state index contributed by atoms with van der Waals surface area (Å²) >= 11 is 0. The molecule has 1 saturated heterocycles. The molecule has 3 N–H and O–H groups in total. The highest BCUT2D eigenvalue weighted by atomic mass is 16.2. The van der Waals surface area contributed by atoms with E-state index in [1.807, 2.05) is 0 Å². The van der Waals surface area contributed by atoms with Crippen molar-refractivity contribution >= 4 is 17.5 Å². The van der Waals surface area contributed by atoms with Gasteiger partial charge in [-0.15, -0.1) is 0 Å². The maximum atomic E-state index is 12.5. The third-order valence-corrected chi connectivity index (χ3v) is 3.92. The molecule has 0 spiro atoms. The van der Waals surface area contributed by atoms with E-state index in [-0.39, 0.29) is 11.9 Å². The Morgan fingerprint density at radius 3 is 2.50 bits per heavy atom. The fourth-order valence-electron chi connectivity index (χ4n) is 2.63. The number of carbonyl (C=O) groups excluding carboxylic acids is 2. The zero-order chi connectivity index (χ0) is 14.1. The number of anilines is 1. The molecule has 5 nitrogen and oxygen atoms in total. The monoisotopic (exact) mass is 273 g/mol. The van der Waals surface area contributed by atoms with Crippen molar-refractivity contribution in [2.75, 3.05) is 11.4 Å². The lowest BCUT2D eigenvalue weighted by Crippen LogP contribution is -2.51. The summed E-state index contributed by atoms with van der Waals surface area (Å²) in [5.41, 5.74) is 6.52. The number of nitrogens with one attached hydrogen (secondary N) is 1. The van der Waals surface area contributed by atoms with Crippen LogP contribution >= 0.6 is 0 Å². The first-order chi connectivity index (χ1) is 9.65. The second-order valence-electron chi connectivity index (χ2n) is 5.54. The maximum absolute atomic E-state index is 12.5. The van der Waals surface area contributed by atoms with Crippen LogP contribution in [0.4, 0.5) is 5.69 Å². The first-order valence-corrected chi connectivity index (χ1v) is 7.12. The van der Waals surface area contributed by atoms with Crippen LogP contribution in [-0.2, 0) is 4.79 Å². The molecule has 0 radical (unpaired) electrons. The predicted molar refractivity (Wildman–Crippen MR) is 76.5 cm³/mol. The van der Waals surface area contributed by atoms with Gasteiger partial charge in [0.25, 0.3) is 0 Å². The molecule has 2 aliphatic rings. The number of amides is 2. The third kappa shape index (κ3) is 2.67. The average Bonchev–Trinajstić information content (AvgIpc) is 3.25. The number of rotatable bonds is 4. The van der Waals surface area contributed by atoms with E-state index in [9.17, 15) is 9.59 Å². The molecule has 106 valence electrons. The van der Waals surface area contributed by atoms with Crippen molar-refractivity contribution in [3.8, 4) is 0 Å². The van der Waals surface area contributed by atoms with Crippen molar-refractivity contribution in [2.24, 2.45) is 5.73 Å². The first kappa shape index (κ1) is 13.1. The lowest BCUT2D eigenvalue weighted by molar-refractivity contribution is -0.121. The van der Waals surface area contributed by atoms with Crippen molar-refractivity contribution in [1.29, 1.82) is 0 Å². The van der Waals surface area contributed by atoms with Gasteiger partial charge in [-0.05, 0) is 49.9 Å². The van der Waals surface area contributed by atoms with Crippen LogP contribution < -0.4 is 16.0 Å². The first-order valence-electron chi connectivity index (χ1n) is 7.12. The Morgan fingerprint density at radius 2 is 1.90 bits per heavy atom. The van der Waals surface area contributed by atoms with Crippen LogP contribution in [0.5, 0.6) is 0 Å². The van der Waals surface area contributed by atoms with Crippen LogP contribution in [0.25, 0.3) is 0 Å². The summed E-state index contributed by atoms with van der Waals surface area (Å²) in [4.78, 5) is 25.3. The Bertz CT molecular complexity index is 522. The molecule has 2 amide bonds. The SMILES string of the molecule is NC(=O)c1ccc(N2CCCC(NC3CC3)C2=O)cc1. The van der Waals surface area contributed by atoms with Crippen molar-refractivity contribution in [2.45, 2.75) is 37.8 Å². The summed E-state index contributed by atoms with van der Waals surface area (Å²) in [6, 6.07) is 7.38. The van der Waals surface area contributed by atoms with Gasteiger partial charge < -0.3 is 16.0 Å². The molecule has 3 rings (SSSR count). The number of nitrogens with zero attached hydrogens (tertiary/aromatic N) is 1. The van der Waals surface area contributed by atoms with Gasteiger partial charge in [-0.2, -0.15) is 0 Å². The molecule has 1 aromatic carbocycles. The van der Waals surface area contributed by atoms with Crippen molar-refractivity contribution < 1.29 is 9.59 Å². The highest BCUT2D eigenvalue weighted by molar-refractivity contribution is 5.99. The molecule has 0 aromatic heterocycles. The van der Waals surface area contributed by atoms with Crippen LogP contribution in [-0.4, -0.2) is 30.4 Å². The van der Waals surface area contributed by atoms with E-state index in [0.29, 0.717) is 11.6 Å². The molecule has 1 saturated carbocycles. The van der Waals surface area contributed by atoms with E-state index in [2.05, 4.69) is 5.32 Å². The summed E-state index contributed by atoms with van der Waals surface area (Å²) in [6.07, 6.45) is 4.26. The Hall–Kier alpha value is -1.88. The van der Waals surface area contributed by atoms with E-state index in [4.69, 9.17) is 5.73 Å². The number of benzene rings is 1. The molecule has 20 heavy (non-hydrogen) atoms. The van der Waals surface area contributed by atoms with Gasteiger partial charge in [0.05, 0.1) is 6.04 Å². The predicted octanol–water partition coefficient (Wildman–Crippen LogP) is 1.03. The number of carbonyl (C=O) groups is 2. The number of hydrogen-bond donors (Lipinski definition) is 2. The molecule has 1 aromatic rings. The Kier molecular flexibility index (Phi) is 3.44. The standard InChI is InChI=1S/C15H19N3O2/c16-14(19)10-3-7-12(8-4-10)18-9-1-2-13(15(18)20)17-11-5-6-11/h3-4,7-8,11,13,17H,1-2,5-6,9H2,(H2,16,19). The molecular formula is C15H19N3O2. The largest absolute Gasteiger partial charge is 0.366 e. The van der Waals surface area contributed by atoms with Gasteiger partial charge in [0, 0.05) is 23.8 Å². The fraction of sp³-hybridized carbons (Fsp3) is 0.467. The van der Waals surface area contributed by atoms with Crippen LogP contribution in [0.15, 0.2) is 24.3 Å². The number of primary amides is 1. The van der Waals surface area contributed by atoms with Crippen LogP contribution in [0.1, 0.15) is 36.0 Å². The Labute approximate surface area is 118 Å². The van der Waals surface area contributed by atoms with Gasteiger partial charge in [0.2, 0.25) is 11.8 Å². The van der Waals surface area contributed by atoms with Gasteiger partial charge in [0.15, 0.2) is 0 Å². The molecule has 1 aliphatic heterocycles. The molecule has 2 fully saturated rings. The molecule has 1 atom stereocenters. The average molecular weight is 273 g/mol. The second kappa shape index (κ2) is 5.25. The second-order valence-corrected chi connectivity index (χ2v) is 5.54. The van der Waals surface area contributed by atoms with Crippen LogP contribution in [0.2, 0.25) is 0 Å². The van der Waals surface area contributed by atoms with E-state index < -0.39 is 5.91 Å². The van der Waals surface area contributed by atoms with Gasteiger partial charge in [0.1, 0.15) is 0 Å². The summed E-state index contributed by atoms with van der Waals surface area (Å²) in [7, 11) is 0. The van der Waals surface area contributed by atoms with Gasteiger partial charge in [-0.25, -0.2) is 0 Å². The van der Waals surface area contributed by atoms with E-state index in [1.165, 1.54) is 12.8 Å². The topological polar surface area (TPSA) is 75.4 Å². The number of nitrogens with two attached hydrogens (primary N) is 1. The normalized spacial score (nSPS) is 22.9. The summed E-state index contributed by atoms with van der Waals surface area (Å²) < 4.78 is 0.